The molecule has 0 aliphatic rings. The van der Waals surface area contributed by atoms with Crippen molar-refractivity contribution < 1.29 is 13.6 Å². The van der Waals surface area contributed by atoms with Gasteiger partial charge in [-0.1, -0.05) is 13.8 Å². The van der Waals surface area contributed by atoms with Crippen molar-refractivity contribution in [3.8, 4) is 0 Å². The molecule has 0 aromatic heterocycles. The number of nitrogens with one attached hydrogen (secondary N) is 1. The van der Waals surface area contributed by atoms with Crippen LogP contribution >= 0.6 is 0 Å². The molecule has 0 aliphatic carbocycles. The minimum atomic E-state index is -0.890. The van der Waals surface area contributed by atoms with Crippen LogP contribution in [0.5, 0.6) is 0 Å². The maximum Gasteiger partial charge on any atom is 0.253 e. The standard InChI is InChI=1S/C12H17F2N3O/c1-7(2)6-17(3)12(18)8-4-9(13)11(16-15)10(14)5-8/h4-5,7,16H,6,15H2,1-3H3. The number of anilines is 1. The van der Waals surface area contributed by atoms with Gasteiger partial charge in [0, 0.05) is 19.2 Å². The van der Waals surface area contributed by atoms with Crippen LogP contribution in [0.2, 0.25) is 0 Å². The van der Waals surface area contributed by atoms with Crippen LogP contribution in [0.25, 0.3) is 0 Å². The average Bonchev–Trinajstić information content (AvgIpc) is 2.26. The second-order valence-corrected chi connectivity index (χ2v) is 4.54. The normalized spacial score (nSPS) is 10.6. The van der Waals surface area contributed by atoms with Gasteiger partial charge in [-0.15, -0.1) is 0 Å². The van der Waals surface area contributed by atoms with E-state index >= 15 is 0 Å². The van der Waals surface area contributed by atoms with Gasteiger partial charge >= 0.3 is 0 Å². The molecule has 0 saturated heterocycles. The molecule has 6 heteroatoms. The summed E-state index contributed by atoms with van der Waals surface area (Å²) in [5, 5.41) is 0. The van der Waals surface area contributed by atoms with Gasteiger partial charge in [-0.05, 0) is 18.1 Å². The van der Waals surface area contributed by atoms with Gasteiger partial charge in [-0.3, -0.25) is 10.6 Å². The molecule has 0 bridgehead atoms. The van der Waals surface area contributed by atoms with E-state index in [2.05, 4.69) is 0 Å². The minimum Gasteiger partial charge on any atom is -0.341 e. The predicted octanol–water partition coefficient (Wildman–Crippen LogP) is 1.98. The minimum absolute atomic E-state index is 0.0350. The van der Waals surface area contributed by atoms with Crippen LogP contribution in [0, 0.1) is 17.6 Å². The van der Waals surface area contributed by atoms with E-state index in [1.165, 1.54) is 4.90 Å². The SMILES string of the molecule is CC(C)CN(C)C(=O)c1cc(F)c(NN)c(F)c1. The van der Waals surface area contributed by atoms with E-state index in [-0.39, 0.29) is 11.5 Å². The number of nitrogen functional groups attached to an aromatic ring is 1. The van der Waals surface area contributed by atoms with Gasteiger partial charge in [0.1, 0.15) is 5.69 Å². The second-order valence-electron chi connectivity index (χ2n) is 4.54. The summed E-state index contributed by atoms with van der Waals surface area (Å²) in [6.45, 7) is 4.41. The van der Waals surface area contributed by atoms with Crippen molar-refractivity contribution in [2.45, 2.75) is 13.8 Å². The Labute approximate surface area is 105 Å². The molecule has 4 nitrogen and oxygen atoms in total. The Morgan fingerprint density at radius 3 is 2.28 bits per heavy atom. The topological polar surface area (TPSA) is 58.4 Å². The van der Waals surface area contributed by atoms with Gasteiger partial charge in [0.25, 0.3) is 5.91 Å². The number of amides is 1. The van der Waals surface area contributed by atoms with Crippen molar-refractivity contribution in [1.82, 2.24) is 4.90 Å². The van der Waals surface area contributed by atoms with Gasteiger partial charge in [0.2, 0.25) is 0 Å². The van der Waals surface area contributed by atoms with Crippen molar-refractivity contribution in [2.24, 2.45) is 11.8 Å². The number of nitrogens with two attached hydrogens (primary N) is 1. The number of benzene rings is 1. The highest BCUT2D eigenvalue weighted by atomic mass is 19.1. The second kappa shape index (κ2) is 5.77. The van der Waals surface area contributed by atoms with Gasteiger partial charge in [-0.25, -0.2) is 8.78 Å². The van der Waals surface area contributed by atoms with Crippen LogP contribution in [-0.4, -0.2) is 24.4 Å². The van der Waals surface area contributed by atoms with Crippen LogP contribution in [0.4, 0.5) is 14.5 Å². The smallest absolute Gasteiger partial charge is 0.253 e. The Bertz CT molecular complexity index is 426. The molecule has 1 rings (SSSR count). The van der Waals surface area contributed by atoms with Gasteiger partial charge < -0.3 is 10.3 Å². The molecule has 1 amide bonds. The Kier molecular flexibility index (Phi) is 4.61. The number of rotatable bonds is 4. The lowest BCUT2D eigenvalue weighted by atomic mass is 10.1. The highest BCUT2D eigenvalue weighted by Crippen LogP contribution is 2.20. The van der Waals surface area contributed by atoms with E-state index in [1.807, 2.05) is 19.3 Å². The maximum atomic E-state index is 13.4. The summed E-state index contributed by atoms with van der Waals surface area (Å²) in [6, 6.07) is 1.94. The molecule has 0 aliphatic heterocycles. The van der Waals surface area contributed by atoms with E-state index in [0.29, 0.717) is 6.54 Å². The zero-order valence-corrected chi connectivity index (χ0v) is 10.6. The number of carbonyl (C=O) groups excluding carboxylic acids is 1. The lowest BCUT2D eigenvalue weighted by molar-refractivity contribution is 0.0778. The molecule has 0 radical (unpaired) electrons. The molecule has 0 spiro atoms. The first-order valence-electron chi connectivity index (χ1n) is 5.58. The summed E-state index contributed by atoms with van der Waals surface area (Å²) in [5.74, 6) is 3.05. The van der Waals surface area contributed by atoms with E-state index in [9.17, 15) is 13.6 Å². The number of hydrazine groups is 1. The molecule has 0 heterocycles. The fraction of sp³-hybridized carbons (Fsp3) is 0.417. The molecule has 0 unspecified atom stereocenters. The molecule has 1 aromatic rings. The molecular formula is C12H17F2N3O. The van der Waals surface area contributed by atoms with Crippen molar-refractivity contribution >= 4 is 11.6 Å². The number of hydrogen-bond acceptors (Lipinski definition) is 3. The van der Waals surface area contributed by atoms with Crippen molar-refractivity contribution in [3.05, 3.63) is 29.3 Å². The average molecular weight is 257 g/mol. The molecule has 3 N–H and O–H groups in total. The van der Waals surface area contributed by atoms with Crippen molar-refractivity contribution in [3.63, 3.8) is 0 Å². The Morgan fingerprint density at radius 2 is 1.89 bits per heavy atom. The van der Waals surface area contributed by atoms with Crippen LogP contribution in [0.15, 0.2) is 12.1 Å². The van der Waals surface area contributed by atoms with Gasteiger partial charge in [0.15, 0.2) is 11.6 Å². The molecule has 0 fully saturated rings. The quantitative estimate of drug-likeness (QED) is 0.640. The van der Waals surface area contributed by atoms with E-state index in [1.54, 1.807) is 7.05 Å². The van der Waals surface area contributed by atoms with Crippen LogP contribution in [-0.2, 0) is 0 Å². The molecule has 0 saturated carbocycles. The third-order valence-corrected chi connectivity index (χ3v) is 2.42. The fourth-order valence-corrected chi connectivity index (χ4v) is 1.69. The summed E-state index contributed by atoms with van der Waals surface area (Å²) in [5.41, 5.74) is 1.43. The molecule has 100 valence electrons. The highest BCUT2D eigenvalue weighted by molar-refractivity contribution is 5.94. The van der Waals surface area contributed by atoms with E-state index in [0.717, 1.165) is 12.1 Å². The Hall–Kier alpha value is -1.69. The number of carbonyl (C=O) groups is 1. The third-order valence-electron chi connectivity index (χ3n) is 2.42. The monoisotopic (exact) mass is 257 g/mol. The first-order chi connectivity index (χ1) is 8.36. The maximum absolute atomic E-state index is 13.4. The first-order valence-corrected chi connectivity index (χ1v) is 5.58. The molecule has 18 heavy (non-hydrogen) atoms. The lowest BCUT2D eigenvalue weighted by Gasteiger charge is -2.19. The van der Waals surface area contributed by atoms with E-state index < -0.39 is 23.2 Å². The Morgan fingerprint density at radius 1 is 1.39 bits per heavy atom. The largest absolute Gasteiger partial charge is 0.341 e. The summed E-state index contributed by atoms with van der Waals surface area (Å²) in [6.07, 6.45) is 0. The number of halogens is 2. The Balaban J connectivity index is 3.00. The van der Waals surface area contributed by atoms with E-state index in [4.69, 9.17) is 5.84 Å². The highest BCUT2D eigenvalue weighted by Gasteiger charge is 2.17. The summed E-state index contributed by atoms with van der Waals surface area (Å²) >= 11 is 0. The predicted molar refractivity (Wildman–Crippen MR) is 66.0 cm³/mol. The van der Waals surface area contributed by atoms with Crippen LogP contribution in [0.1, 0.15) is 24.2 Å². The zero-order chi connectivity index (χ0) is 13.9. The number of nitrogens with zero attached hydrogens (tertiary/aromatic N) is 1. The third kappa shape index (κ3) is 3.16. The van der Waals surface area contributed by atoms with Crippen LogP contribution < -0.4 is 11.3 Å². The fourth-order valence-electron chi connectivity index (χ4n) is 1.69. The summed E-state index contributed by atoms with van der Waals surface area (Å²) in [7, 11) is 1.59. The molecule has 1 aromatic carbocycles. The molecule has 0 atom stereocenters. The van der Waals surface area contributed by atoms with Crippen LogP contribution in [0.3, 0.4) is 0 Å². The number of hydrogen-bond donors (Lipinski definition) is 2. The van der Waals surface area contributed by atoms with Gasteiger partial charge in [-0.2, -0.15) is 0 Å². The summed E-state index contributed by atoms with van der Waals surface area (Å²) in [4.78, 5) is 13.4. The first kappa shape index (κ1) is 14.4. The van der Waals surface area contributed by atoms with Crippen molar-refractivity contribution in [2.75, 3.05) is 19.0 Å². The zero-order valence-electron chi connectivity index (χ0n) is 10.6. The molecular weight excluding hydrogens is 240 g/mol. The van der Waals surface area contributed by atoms with Crippen molar-refractivity contribution in [1.29, 1.82) is 0 Å². The summed E-state index contributed by atoms with van der Waals surface area (Å²) < 4.78 is 26.9. The van der Waals surface area contributed by atoms with Gasteiger partial charge in [0.05, 0.1) is 0 Å². The lowest BCUT2D eigenvalue weighted by Crippen LogP contribution is -2.30.